The molecule has 0 atom stereocenters. The molecular formula is C13H12F2O3. The summed E-state index contributed by atoms with van der Waals surface area (Å²) in [6.07, 6.45) is 0.250. The van der Waals surface area contributed by atoms with Crippen molar-refractivity contribution in [3.63, 3.8) is 0 Å². The van der Waals surface area contributed by atoms with E-state index in [2.05, 4.69) is 0 Å². The molecule has 0 bridgehead atoms. The van der Waals surface area contributed by atoms with E-state index in [4.69, 9.17) is 14.3 Å². The van der Waals surface area contributed by atoms with Crippen molar-refractivity contribution >= 4 is 11.7 Å². The molecule has 18 heavy (non-hydrogen) atoms. The Morgan fingerprint density at radius 2 is 1.61 bits per heavy atom. The number of rotatable bonds is 1. The lowest BCUT2D eigenvalue weighted by Crippen LogP contribution is -1.98. The normalized spacial score (nSPS) is 14.0. The molecule has 0 spiro atoms. The van der Waals surface area contributed by atoms with Gasteiger partial charge < -0.3 is 4.74 Å². The molecule has 0 unspecified atom stereocenters. The maximum Gasteiger partial charge on any atom is 0.373 e. The van der Waals surface area contributed by atoms with Gasteiger partial charge in [0.2, 0.25) is 0 Å². The van der Waals surface area contributed by atoms with E-state index in [1.54, 1.807) is 6.92 Å². The van der Waals surface area contributed by atoms with Crippen LogP contribution in [0.15, 0.2) is 17.7 Å². The molecule has 1 heterocycles. The van der Waals surface area contributed by atoms with Gasteiger partial charge in [-0.15, -0.1) is 0 Å². The van der Waals surface area contributed by atoms with Crippen molar-refractivity contribution in [3.8, 4) is 0 Å². The van der Waals surface area contributed by atoms with Crippen molar-refractivity contribution in [3.05, 3.63) is 40.5 Å². The summed E-state index contributed by atoms with van der Waals surface area (Å²) >= 11 is 0. The van der Waals surface area contributed by atoms with Crippen molar-refractivity contribution in [2.24, 2.45) is 0 Å². The second-order valence-electron chi connectivity index (χ2n) is 3.94. The van der Waals surface area contributed by atoms with Gasteiger partial charge in [0.25, 0.3) is 0 Å². The van der Waals surface area contributed by atoms with Crippen LogP contribution in [0.5, 0.6) is 0 Å². The Morgan fingerprint density at radius 3 is 2.00 bits per heavy atom. The summed E-state index contributed by atoms with van der Waals surface area (Å²) in [5.74, 6) is -1.01. The van der Waals surface area contributed by atoms with Crippen LogP contribution in [0.3, 0.4) is 0 Å². The van der Waals surface area contributed by atoms with Gasteiger partial charge in [0.15, 0.2) is 0 Å². The molecule has 1 aliphatic rings. The molecule has 5 heteroatoms. The molecule has 96 valence electrons. The maximum atomic E-state index is 13.6. The predicted molar refractivity (Wildman–Crippen MR) is 59.5 cm³/mol. The van der Waals surface area contributed by atoms with E-state index in [0.29, 0.717) is 24.4 Å². The summed E-state index contributed by atoms with van der Waals surface area (Å²) < 4.78 is 32.4. The molecule has 0 saturated carbocycles. The minimum absolute atomic E-state index is 0.0654. The van der Waals surface area contributed by atoms with Gasteiger partial charge in [-0.1, -0.05) is 0 Å². The monoisotopic (exact) mass is 254 g/mol. The summed E-state index contributed by atoms with van der Waals surface area (Å²) in [6, 6.07) is 2.69. The fourth-order valence-electron chi connectivity index (χ4n) is 1.79. The fourth-order valence-corrected chi connectivity index (χ4v) is 1.79. The SMILES string of the molecule is CC1=C(c2c(F)cc(C)cc2F)COC1.O=C=O. The molecule has 0 N–H and O–H groups in total. The zero-order valence-electron chi connectivity index (χ0n) is 10.0. The van der Waals surface area contributed by atoms with Gasteiger partial charge in [0.1, 0.15) is 11.6 Å². The van der Waals surface area contributed by atoms with Crippen LogP contribution in [0.2, 0.25) is 0 Å². The lowest BCUT2D eigenvalue weighted by atomic mass is 10.0. The highest BCUT2D eigenvalue weighted by Crippen LogP contribution is 2.29. The Morgan fingerprint density at radius 1 is 1.11 bits per heavy atom. The Balaban J connectivity index is 0.000000492. The smallest absolute Gasteiger partial charge is 0.372 e. The molecule has 0 aromatic heterocycles. The van der Waals surface area contributed by atoms with E-state index in [1.165, 1.54) is 12.1 Å². The molecule has 1 aliphatic heterocycles. The molecule has 0 saturated heterocycles. The topological polar surface area (TPSA) is 43.4 Å². The summed E-state index contributed by atoms with van der Waals surface area (Å²) in [5.41, 5.74) is 2.20. The zero-order chi connectivity index (χ0) is 13.7. The van der Waals surface area contributed by atoms with Crippen LogP contribution in [-0.4, -0.2) is 19.4 Å². The molecule has 0 fully saturated rings. The van der Waals surface area contributed by atoms with E-state index in [-0.39, 0.29) is 11.7 Å². The lowest BCUT2D eigenvalue weighted by Gasteiger charge is -2.07. The van der Waals surface area contributed by atoms with Crippen LogP contribution in [0.25, 0.3) is 5.57 Å². The largest absolute Gasteiger partial charge is 0.373 e. The highest BCUT2D eigenvalue weighted by Gasteiger charge is 2.20. The molecule has 1 aromatic carbocycles. The molecule has 3 nitrogen and oxygen atoms in total. The predicted octanol–water partition coefficient (Wildman–Crippen LogP) is 2.49. The number of ether oxygens (including phenoxy) is 1. The average Bonchev–Trinajstić information content (AvgIpc) is 2.64. The molecular weight excluding hydrogens is 242 g/mol. The summed E-state index contributed by atoms with van der Waals surface area (Å²) in [6.45, 7) is 4.26. The number of carbonyl (C=O) groups excluding carboxylic acids is 2. The highest BCUT2D eigenvalue weighted by atomic mass is 19.1. The fraction of sp³-hybridized carbons (Fsp3) is 0.308. The number of aryl methyl sites for hydroxylation is 1. The Labute approximate surface area is 103 Å². The number of benzene rings is 1. The van der Waals surface area contributed by atoms with Crippen molar-refractivity contribution in [2.75, 3.05) is 13.2 Å². The third-order valence-electron chi connectivity index (χ3n) is 2.57. The van der Waals surface area contributed by atoms with Gasteiger partial charge in [-0.05, 0) is 42.7 Å². The van der Waals surface area contributed by atoms with Gasteiger partial charge in [-0.2, -0.15) is 9.59 Å². The zero-order valence-corrected chi connectivity index (χ0v) is 10.0. The van der Waals surface area contributed by atoms with Gasteiger partial charge in [-0.25, -0.2) is 8.78 Å². The van der Waals surface area contributed by atoms with Gasteiger partial charge >= 0.3 is 6.15 Å². The first-order valence-electron chi connectivity index (χ1n) is 5.23. The van der Waals surface area contributed by atoms with Crippen LogP contribution in [0, 0.1) is 18.6 Å². The van der Waals surface area contributed by atoms with E-state index >= 15 is 0 Å². The standard InChI is InChI=1S/C12H12F2O.CO2/c1-7-3-10(13)12(11(14)4-7)9-6-15-5-8(9)2;2-1-3/h3-4H,5-6H2,1-2H3;. The maximum absolute atomic E-state index is 13.6. The molecule has 0 radical (unpaired) electrons. The lowest BCUT2D eigenvalue weighted by molar-refractivity contribution is -0.191. The Hall–Kier alpha value is -1.84. The van der Waals surface area contributed by atoms with Crippen LogP contribution in [0.1, 0.15) is 18.1 Å². The first-order chi connectivity index (χ1) is 8.51. The average molecular weight is 254 g/mol. The summed E-state index contributed by atoms with van der Waals surface area (Å²) in [7, 11) is 0. The van der Waals surface area contributed by atoms with Crippen LogP contribution in [0.4, 0.5) is 8.78 Å². The van der Waals surface area contributed by atoms with Crippen molar-refractivity contribution < 1.29 is 23.1 Å². The van der Waals surface area contributed by atoms with Crippen molar-refractivity contribution in [1.29, 1.82) is 0 Å². The molecule has 2 rings (SSSR count). The second-order valence-corrected chi connectivity index (χ2v) is 3.94. The van der Waals surface area contributed by atoms with E-state index in [1.807, 2.05) is 6.92 Å². The summed E-state index contributed by atoms with van der Waals surface area (Å²) in [5, 5.41) is 0. The van der Waals surface area contributed by atoms with Gasteiger partial charge in [0, 0.05) is 0 Å². The number of halogens is 2. The molecule has 0 aliphatic carbocycles. The van der Waals surface area contributed by atoms with E-state index < -0.39 is 11.6 Å². The van der Waals surface area contributed by atoms with Crippen LogP contribution in [-0.2, 0) is 14.3 Å². The minimum Gasteiger partial charge on any atom is -0.372 e. The summed E-state index contributed by atoms with van der Waals surface area (Å²) in [4.78, 5) is 16.2. The van der Waals surface area contributed by atoms with Crippen molar-refractivity contribution in [2.45, 2.75) is 13.8 Å². The van der Waals surface area contributed by atoms with Gasteiger partial charge in [-0.3, -0.25) is 0 Å². The van der Waals surface area contributed by atoms with Gasteiger partial charge in [0.05, 0.1) is 18.8 Å². The Kier molecular flexibility index (Phi) is 4.89. The third kappa shape index (κ3) is 3.09. The number of hydrogen-bond acceptors (Lipinski definition) is 3. The van der Waals surface area contributed by atoms with Crippen LogP contribution >= 0.6 is 0 Å². The number of hydrogen-bond donors (Lipinski definition) is 0. The molecule has 1 aromatic rings. The van der Waals surface area contributed by atoms with E-state index in [9.17, 15) is 8.78 Å². The van der Waals surface area contributed by atoms with Crippen LogP contribution < -0.4 is 0 Å². The minimum atomic E-state index is -0.507. The third-order valence-corrected chi connectivity index (χ3v) is 2.57. The Bertz CT molecular complexity index is 492. The second kappa shape index (κ2) is 6.19. The van der Waals surface area contributed by atoms with Crippen molar-refractivity contribution in [1.82, 2.24) is 0 Å². The first-order valence-corrected chi connectivity index (χ1v) is 5.23. The van der Waals surface area contributed by atoms with E-state index in [0.717, 1.165) is 5.57 Å². The quantitative estimate of drug-likeness (QED) is 0.773. The first kappa shape index (κ1) is 14.2. The molecule has 0 amide bonds. The highest BCUT2D eigenvalue weighted by molar-refractivity contribution is 5.71.